The Morgan fingerprint density at radius 3 is 2.64 bits per heavy atom. The third kappa shape index (κ3) is 5.11. The summed E-state index contributed by atoms with van der Waals surface area (Å²) in [5, 5.41) is 8.72. The van der Waals surface area contributed by atoms with Crippen LogP contribution in [0.1, 0.15) is 12.1 Å². The molecule has 0 spiro atoms. The molecule has 0 aliphatic carbocycles. The summed E-state index contributed by atoms with van der Waals surface area (Å²) in [6.07, 6.45) is 3.51. The molecule has 0 unspecified atom stereocenters. The summed E-state index contributed by atoms with van der Waals surface area (Å²) in [7, 11) is 2.01. The molecular formula is C24H26N6OS2. The van der Waals surface area contributed by atoms with Crippen LogP contribution in [0.3, 0.4) is 0 Å². The maximum atomic E-state index is 11.8. The number of carbonyl (C=O) groups is 1. The normalized spacial score (nSPS) is 11.0. The summed E-state index contributed by atoms with van der Waals surface area (Å²) >= 11 is 2.82. The van der Waals surface area contributed by atoms with Gasteiger partial charge in [-0.25, -0.2) is 9.97 Å². The molecule has 170 valence electrons. The van der Waals surface area contributed by atoms with Crippen molar-refractivity contribution in [3.05, 3.63) is 60.4 Å². The number of nitrogens with zero attached hydrogens (tertiary/aromatic N) is 4. The van der Waals surface area contributed by atoms with Gasteiger partial charge in [0.1, 0.15) is 5.82 Å². The predicted octanol–water partition coefficient (Wildman–Crippen LogP) is 4.70. The second kappa shape index (κ2) is 10.2. The monoisotopic (exact) mass is 478 g/mol. The number of amides is 1. The van der Waals surface area contributed by atoms with Crippen molar-refractivity contribution in [2.45, 2.75) is 17.6 Å². The second-order valence-electron chi connectivity index (χ2n) is 7.74. The summed E-state index contributed by atoms with van der Waals surface area (Å²) in [6, 6.07) is 16.0. The van der Waals surface area contributed by atoms with Crippen molar-refractivity contribution in [3.8, 4) is 11.1 Å². The van der Waals surface area contributed by atoms with Crippen LogP contribution in [0.15, 0.2) is 58.9 Å². The minimum absolute atomic E-state index is 0.506. The van der Waals surface area contributed by atoms with E-state index in [0.717, 1.165) is 62.0 Å². The first kappa shape index (κ1) is 23.0. The number of aryl methyl sites for hydroxylation is 1. The number of hydrogen-bond acceptors (Lipinski definition) is 8. The van der Waals surface area contributed by atoms with E-state index in [2.05, 4.69) is 20.9 Å². The lowest BCUT2D eigenvalue weighted by atomic mass is 9.99. The number of pyridine rings is 1. The summed E-state index contributed by atoms with van der Waals surface area (Å²) < 4.78 is 1.02. The molecule has 1 amide bonds. The Morgan fingerprint density at radius 2 is 1.94 bits per heavy atom. The van der Waals surface area contributed by atoms with E-state index in [1.807, 2.05) is 56.4 Å². The third-order valence-corrected chi connectivity index (χ3v) is 7.61. The number of nitrogen functional groups attached to an aromatic ring is 1. The highest BCUT2D eigenvalue weighted by molar-refractivity contribution is 7.99. The summed E-state index contributed by atoms with van der Waals surface area (Å²) in [5.41, 5.74) is 9.79. The van der Waals surface area contributed by atoms with Crippen molar-refractivity contribution in [3.63, 3.8) is 0 Å². The molecule has 7 nitrogen and oxygen atoms in total. The van der Waals surface area contributed by atoms with Crippen LogP contribution >= 0.6 is 23.3 Å². The largest absolute Gasteiger partial charge is 0.384 e. The van der Waals surface area contributed by atoms with E-state index < -0.39 is 0 Å². The van der Waals surface area contributed by atoms with Gasteiger partial charge in [0.25, 0.3) is 0 Å². The van der Waals surface area contributed by atoms with Crippen LogP contribution in [0.2, 0.25) is 0 Å². The number of benzene rings is 2. The molecule has 0 saturated carbocycles. The lowest BCUT2D eigenvalue weighted by Crippen LogP contribution is -2.27. The van der Waals surface area contributed by atoms with Gasteiger partial charge in [-0.3, -0.25) is 9.93 Å². The van der Waals surface area contributed by atoms with E-state index >= 15 is 0 Å². The molecule has 9 heteroatoms. The van der Waals surface area contributed by atoms with E-state index in [1.54, 1.807) is 22.4 Å². The summed E-state index contributed by atoms with van der Waals surface area (Å²) in [4.78, 5) is 24.4. The van der Waals surface area contributed by atoms with Gasteiger partial charge in [-0.1, -0.05) is 41.7 Å². The highest BCUT2D eigenvalue weighted by Gasteiger charge is 2.12. The van der Waals surface area contributed by atoms with Crippen LogP contribution in [-0.2, 0) is 4.79 Å². The highest BCUT2D eigenvalue weighted by Crippen LogP contribution is 2.32. The Bertz CT molecular complexity index is 1260. The van der Waals surface area contributed by atoms with E-state index in [1.165, 1.54) is 11.9 Å². The van der Waals surface area contributed by atoms with Crippen molar-refractivity contribution >= 4 is 57.1 Å². The van der Waals surface area contributed by atoms with E-state index in [0.29, 0.717) is 12.4 Å². The maximum Gasteiger partial charge on any atom is 0.214 e. The van der Waals surface area contributed by atoms with Gasteiger partial charge in [-0.15, -0.1) is 0 Å². The van der Waals surface area contributed by atoms with Crippen molar-refractivity contribution in [2.75, 3.05) is 35.7 Å². The molecule has 0 aliphatic heterocycles. The fraction of sp³-hybridized carbons (Fsp3) is 0.208. The molecule has 2 aromatic heterocycles. The number of anilines is 3. The van der Waals surface area contributed by atoms with Gasteiger partial charge in [-0.05, 0) is 60.0 Å². The van der Waals surface area contributed by atoms with Crippen LogP contribution in [0.5, 0.6) is 0 Å². The van der Waals surface area contributed by atoms with Crippen molar-refractivity contribution in [1.82, 2.24) is 9.97 Å². The Balaban J connectivity index is 1.42. The number of thiazole rings is 1. The Morgan fingerprint density at radius 1 is 1.15 bits per heavy atom. The van der Waals surface area contributed by atoms with Crippen LogP contribution in [0.25, 0.3) is 21.9 Å². The van der Waals surface area contributed by atoms with Crippen molar-refractivity contribution < 1.29 is 4.79 Å². The third-order valence-electron chi connectivity index (χ3n) is 5.49. The van der Waals surface area contributed by atoms with Crippen molar-refractivity contribution in [1.29, 1.82) is 0 Å². The van der Waals surface area contributed by atoms with Gasteiger partial charge < -0.3 is 15.5 Å². The molecule has 33 heavy (non-hydrogen) atoms. The lowest BCUT2D eigenvalue weighted by molar-refractivity contribution is -0.107. The molecule has 4 aromatic rings. The highest BCUT2D eigenvalue weighted by atomic mass is 32.2. The van der Waals surface area contributed by atoms with Crippen molar-refractivity contribution in [2.24, 2.45) is 5.14 Å². The van der Waals surface area contributed by atoms with Crippen LogP contribution in [0.4, 0.5) is 16.6 Å². The molecule has 4 N–H and O–H groups in total. The molecular weight excluding hydrogens is 452 g/mol. The molecule has 4 rings (SSSR count). The van der Waals surface area contributed by atoms with Gasteiger partial charge in [0.15, 0.2) is 5.13 Å². The van der Waals surface area contributed by atoms with Gasteiger partial charge in [0, 0.05) is 37.4 Å². The first-order chi connectivity index (χ1) is 16.0. The zero-order valence-electron chi connectivity index (χ0n) is 18.6. The molecule has 0 saturated heterocycles. The minimum Gasteiger partial charge on any atom is -0.384 e. The first-order valence-electron chi connectivity index (χ1n) is 10.5. The lowest BCUT2D eigenvalue weighted by Gasteiger charge is -2.21. The van der Waals surface area contributed by atoms with E-state index in [9.17, 15) is 4.79 Å². The fourth-order valence-corrected chi connectivity index (χ4v) is 5.15. The number of hydrogen-bond donors (Lipinski definition) is 2. The molecule has 0 radical (unpaired) electrons. The Kier molecular flexibility index (Phi) is 7.12. The SMILES string of the molecule is Cc1nc(N(C)CCCN(C=O)c2ccc(-c3cccc4cc(N)ncc34)cc2)sc1SN. The van der Waals surface area contributed by atoms with Gasteiger partial charge in [-0.2, -0.15) is 0 Å². The quantitative estimate of drug-likeness (QED) is 0.265. The molecule has 0 bridgehead atoms. The summed E-state index contributed by atoms with van der Waals surface area (Å²) in [6.45, 7) is 3.37. The summed E-state index contributed by atoms with van der Waals surface area (Å²) in [5.74, 6) is 0.506. The van der Waals surface area contributed by atoms with E-state index in [-0.39, 0.29) is 0 Å². The molecule has 0 atom stereocenters. The average Bonchev–Trinajstić information content (AvgIpc) is 3.22. The number of fused-ring (bicyclic) bond motifs is 1. The van der Waals surface area contributed by atoms with Crippen LogP contribution < -0.4 is 20.7 Å². The van der Waals surface area contributed by atoms with Crippen LogP contribution in [-0.4, -0.2) is 36.5 Å². The molecule has 0 aliphatic rings. The van der Waals surface area contributed by atoms with E-state index in [4.69, 9.17) is 10.9 Å². The fourth-order valence-electron chi connectivity index (χ4n) is 3.73. The Hall–Kier alpha value is -3.14. The van der Waals surface area contributed by atoms with Crippen LogP contribution in [0, 0.1) is 6.92 Å². The zero-order chi connectivity index (χ0) is 23.4. The first-order valence-corrected chi connectivity index (χ1v) is 12.2. The number of carbonyl (C=O) groups excluding carboxylic acids is 1. The predicted molar refractivity (Wildman–Crippen MR) is 140 cm³/mol. The van der Waals surface area contributed by atoms with Gasteiger partial charge in [0.05, 0.1) is 9.90 Å². The molecule has 2 heterocycles. The topological polar surface area (TPSA) is 101 Å². The standard InChI is InChI=1S/C24H26N6OS2/c1-16-23(33-26)32-24(28-16)29(2)11-4-12-30(15-31)19-9-7-17(8-10-19)20-6-3-5-18-13-22(25)27-14-21(18)20/h3,5-10,13-15H,4,11-12,26H2,1-2H3,(H2,25,27). The van der Waals surface area contributed by atoms with Gasteiger partial charge >= 0.3 is 0 Å². The zero-order valence-corrected chi connectivity index (χ0v) is 20.2. The number of rotatable bonds is 9. The number of aromatic nitrogens is 2. The minimum atomic E-state index is 0.506. The molecule has 2 aromatic carbocycles. The Labute approximate surface area is 201 Å². The number of nitrogens with two attached hydrogens (primary N) is 2. The smallest absolute Gasteiger partial charge is 0.214 e. The van der Waals surface area contributed by atoms with Gasteiger partial charge in [0.2, 0.25) is 6.41 Å². The maximum absolute atomic E-state index is 11.8. The second-order valence-corrected chi connectivity index (χ2v) is 9.62. The molecule has 0 fully saturated rings. The average molecular weight is 479 g/mol.